The van der Waals surface area contributed by atoms with Crippen molar-refractivity contribution in [3.8, 4) is 0 Å². The van der Waals surface area contributed by atoms with Crippen molar-refractivity contribution in [2.75, 3.05) is 0 Å². The Kier molecular flexibility index (Phi) is 4.82. The molecule has 0 fully saturated rings. The average molecular weight is 270 g/mol. The van der Waals surface area contributed by atoms with Crippen LogP contribution in [-0.4, -0.2) is 11.4 Å². The summed E-state index contributed by atoms with van der Waals surface area (Å²) < 4.78 is 1.16. The van der Waals surface area contributed by atoms with Crippen LogP contribution in [0.5, 0.6) is 0 Å². The minimum atomic E-state index is 0.485. The molecule has 0 bridgehead atoms. The third-order valence-electron chi connectivity index (χ3n) is 2.50. The fraction of sp³-hybridized carbons (Fsp3) is 0.417. The zero-order chi connectivity index (χ0) is 11.3. The van der Waals surface area contributed by atoms with E-state index in [9.17, 15) is 0 Å². The predicted molar refractivity (Wildman–Crippen MR) is 66.6 cm³/mol. The number of hydrogen-bond acceptors (Lipinski definition) is 2. The van der Waals surface area contributed by atoms with Gasteiger partial charge >= 0.3 is 0 Å². The summed E-state index contributed by atoms with van der Waals surface area (Å²) in [6.07, 6.45) is 3.35. The minimum absolute atomic E-state index is 0.485. The van der Waals surface area contributed by atoms with E-state index in [4.69, 9.17) is 5.21 Å². The van der Waals surface area contributed by atoms with Crippen LogP contribution < -0.4 is 0 Å². The van der Waals surface area contributed by atoms with Gasteiger partial charge in [0.05, 0.1) is 0 Å². The second-order valence-corrected chi connectivity index (χ2v) is 4.73. The quantitative estimate of drug-likeness (QED) is 0.504. The maximum absolute atomic E-state index is 8.35. The molecule has 0 aliphatic rings. The first-order chi connectivity index (χ1) is 7.15. The van der Waals surface area contributed by atoms with Gasteiger partial charge < -0.3 is 5.21 Å². The molecule has 1 N–H and O–H groups in total. The van der Waals surface area contributed by atoms with Crippen molar-refractivity contribution in [2.24, 2.45) is 11.1 Å². The van der Waals surface area contributed by atoms with Gasteiger partial charge in [-0.2, -0.15) is 0 Å². The third kappa shape index (κ3) is 3.67. The largest absolute Gasteiger partial charge is 0.411 e. The lowest BCUT2D eigenvalue weighted by Crippen LogP contribution is -2.03. The van der Waals surface area contributed by atoms with E-state index in [1.54, 1.807) is 6.21 Å². The molecule has 15 heavy (non-hydrogen) atoms. The van der Waals surface area contributed by atoms with Crippen LogP contribution in [-0.2, 0) is 6.42 Å². The number of rotatable bonds is 4. The summed E-state index contributed by atoms with van der Waals surface area (Å²) >= 11 is 3.56. The minimum Gasteiger partial charge on any atom is -0.411 e. The van der Waals surface area contributed by atoms with Crippen molar-refractivity contribution >= 4 is 22.1 Å². The fourth-order valence-corrected chi connectivity index (χ4v) is 2.21. The van der Waals surface area contributed by atoms with Gasteiger partial charge in [0.2, 0.25) is 0 Å². The van der Waals surface area contributed by atoms with Gasteiger partial charge in [0, 0.05) is 10.7 Å². The number of benzene rings is 1. The lowest BCUT2D eigenvalue weighted by molar-refractivity contribution is 0.319. The average Bonchev–Trinajstić information content (AvgIpc) is 2.21. The Hall–Kier alpha value is -0.830. The van der Waals surface area contributed by atoms with E-state index in [1.165, 1.54) is 11.1 Å². The van der Waals surface area contributed by atoms with Crippen LogP contribution in [0.4, 0.5) is 0 Å². The van der Waals surface area contributed by atoms with Crippen LogP contribution in [0.25, 0.3) is 0 Å². The van der Waals surface area contributed by atoms with Crippen LogP contribution >= 0.6 is 15.9 Å². The van der Waals surface area contributed by atoms with E-state index >= 15 is 0 Å². The highest BCUT2D eigenvalue weighted by atomic mass is 79.9. The highest BCUT2D eigenvalue weighted by molar-refractivity contribution is 9.10. The van der Waals surface area contributed by atoms with Crippen molar-refractivity contribution in [3.63, 3.8) is 0 Å². The summed E-state index contributed by atoms with van der Waals surface area (Å²) in [5, 5.41) is 11.4. The van der Waals surface area contributed by atoms with E-state index in [0.717, 1.165) is 17.3 Å². The molecule has 3 heteroatoms. The van der Waals surface area contributed by atoms with Crippen LogP contribution in [0.2, 0.25) is 0 Å². The zero-order valence-corrected chi connectivity index (χ0v) is 10.7. The Balaban J connectivity index is 2.71. The Morgan fingerprint density at radius 1 is 1.53 bits per heavy atom. The van der Waals surface area contributed by atoms with Gasteiger partial charge in [0.25, 0.3) is 0 Å². The first kappa shape index (κ1) is 12.2. The van der Waals surface area contributed by atoms with Gasteiger partial charge in [-0.1, -0.05) is 35.0 Å². The highest BCUT2D eigenvalue weighted by Gasteiger charge is 2.08. The number of hydrogen-bond donors (Lipinski definition) is 1. The third-order valence-corrected chi connectivity index (χ3v) is 3.24. The molecule has 0 aromatic heterocycles. The van der Waals surface area contributed by atoms with Crippen molar-refractivity contribution in [3.05, 3.63) is 33.8 Å². The lowest BCUT2D eigenvalue weighted by atomic mass is 9.95. The standard InChI is InChI=1S/C12H16BrNO/c1-9(6-7-14-15)8-11-10(2)4-3-5-12(11)13/h3-5,7,9,15H,6,8H2,1-2H3/b14-7-. The SMILES string of the molecule is Cc1cccc(Br)c1CC(C)C/C=N\O. The molecule has 0 spiro atoms. The van der Waals surface area contributed by atoms with Crippen molar-refractivity contribution in [2.45, 2.75) is 26.7 Å². The fourth-order valence-electron chi connectivity index (χ4n) is 1.58. The summed E-state index contributed by atoms with van der Waals surface area (Å²) in [5.41, 5.74) is 2.65. The number of nitrogens with zero attached hydrogens (tertiary/aromatic N) is 1. The summed E-state index contributed by atoms with van der Waals surface area (Å²) in [6.45, 7) is 4.27. The Morgan fingerprint density at radius 2 is 2.27 bits per heavy atom. The summed E-state index contributed by atoms with van der Waals surface area (Å²) in [6, 6.07) is 6.23. The molecule has 0 radical (unpaired) electrons. The molecular weight excluding hydrogens is 254 g/mol. The molecule has 1 unspecified atom stereocenters. The van der Waals surface area contributed by atoms with E-state index < -0.39 is 0 Å². The number of halogens is 1. The smallest absolute Gasteiger partial charge is 0.0438 e. The van der Waals surface area contributed by atoms with E-state index in [2.05, 4.69) is 47.1 Å². The maximum atomic E-state index is 8.35. The summed E-state index contributed by atoms with van der Waals surface area (Å²) in [5.74, 6) is 0.485. The molecular formula is C12H16BrNO. The van der Waals surface area contributed by atoms with E-state index in [-0.39, 0.29) is 0 Å². The topological polar surface area (TPSA) is 32.6 Å². The highest BCUT2D eigenvalue weighted by Crippen LogP contribution is 2.23. The van der Waals surface area contributed by atoms with Crippen LogP contribution in [0, 0.1) is 12.8 Å². The zero-order valence-electron chi connectivity index (χ0n) is 9.07. The Morgan fingerprint density at radius 3 is 2.87 bits per heavy atom. The second kappa shape index (κ2) is 5.91. The molecule has 0 amide bonds. The van der Waals surface area contributed by atoms with Crippen LogP contribution in [0.3, 0.4) is 0 Å². The van der Waals surface area contributed by atoms with Gasteiger partial charge in [-0.3, -0.25) is 0 Å². The Labute approximate surface area is 99.1 Å². The van der Waals surface area contributed by atoms with Gasteiger partial charge in [-0.05, 0) is 42.9 Å². The molecule has 0 aliphatic carbocycles. The lowest BCUT2D eigenvalue weighted by Gasteiger charge is -2.12. The second-order valence-electron chi connectivity index (χ2n) is 3.88. The Bertz CT molecular complexity index is 329. The number of oxime groups is 1. The molecule has 0 heterocycles. The summed E-state index contributed by atoms with van der Waals surface area (Å²) in [4.78, 5) is 0. The van der Waals surface area contributed by atoms with Gasteiger partial charge in [-0.25, -0.2) is 0 Å². The first-order valence-electron chi connectivity index (χ1n) is 5.05. The summed E-state index contributed by atoms with van der Waals surface area (Å²) in [7, 11) is 0. The van der Waals surface area contributed by atoms with E-state index in [0.29, 0.717) is 5.92 Å². The number of aryl methyl sites for hydroxylation is 1. The molecule has 1 aromatic rings. The van der Waals surface area contributed by atoms with Crippen LogP contribution in [0.1, 0.15) is 24.5 Å². The van der Waals surface area contributed by atoms with E-state index in [1.807, 2.05) is 6.07 Å². The molecule has 1 atom stereocenters. The normalized spacial score (nSPS) is 13.3. The molecule has 2 nitrogen and oxygen atoms in total. The molecule has 0 saturated heterocycles. The van der Waals surface area contributed by atoms with Crippen LogP contribution in [0.15, 0.2) is 27.8 Å². The van der Waals surface area contributed by atoms with Gasteiger partial charge in [0.15, 0.2) is 0 Å². The van der Waals surface area contributed by atoms with Gasteiger partial charge in [0.1, 0.15) is 0 Å². The molecule has 1 aromatic carbocycles. The molecule has 0 saturated carbocycles. The molecule has 0 aliphatic heterocycles. The molecule has 82 valence electrons. The predicted octanol–water partition coefficient (Wildman–Crippen LogP) is 3.79. The van der Waals surface area contributed by atoms with Gasteiger partial charge in [-0.15, -0.1) is 5.16 Å². The molecule has 1 rings (SSSR count). The first-order valence-corrected chi connectivity index (χ1v) is 5.84. The maximum Gasteiger partial charge on any atom is 0.0438 e. The van der Waals surface area contributed by atoms with Crippen molar-refractivity contribution in [1.82, 2.24) is 0 Å². The monoisotopic (exact) mass is 269 g/mol. The van der Waals surface area contributed by atoms with Crippen molar-refractivity contribution in [1.29, 1.82) is 0 Å². The van der Waals surface area contributed by atoms with Crippen molar-refractivity contribution < 1.29 is 5.21 Å².